The maximum Gasteiger partial charge on any atom is 0.166 e. The topological polar surface area (TPSA) is 24.1 Å². The van der Waals surface area contributed by atoms with Crippen molar-refractivity contribution in [2.24, 2.45) is 17.8 Å². The Morgan fingerprint density at radius 2 is 1.95 bits per heavy atom. The number of nitrogens with one attached hydrogen (secondary N) is 2. The molecular formula is C16H30N2S. The Labute approximate surface area is 124 Å². The monoisotopic (exact) mass is 282 g/mol. The number of hydrogen-bond acceptors (Lipinski definition) is 1. The Kier molecular flexibility index (Phi) is 6.84. The summed E-state index contributed by atoms with van der Waals surface area (Å²) in [5.41, 5.74) is 1.11. The van der Waals surface area contributed by atoms with Gasteiger partial charge < -0.3 is 10.6 Å². The predicted molar refractivity (Wildman–Crippen MR) is 88.3 cm³/mol. The fraction of sp³-hybridized carbons (Fsp3) is 0.812. The van der Waals surface area contributed by atoms with Crippen LogP contribution in [0.2, 0.25) is 0 Å². The zero-order valence-corrected chi connectivity index (χ0v) is 13.8. The van der Waals surface area contributed by atoms with Gasteiger partial charge in [-0.05, 0) is 43.3 Å². The summed E-state index contributed by atoms with van der Waals surface area (Å²) in [4.78, 5) is 0. The summed E-state index contributed by atoms with van der Waals surface area (Å²) in [6.45, 7) is 13.7. The molecule has 0 amide bonds. The largest absolute Gasteiger partial charge is 0.359 e. The molecule has 19 heavy (non-hydrogen) atoms. The molecule has 0 radical (unpaired) electrons. The van der Waals surface area contributed by atoms with Crippen LogP contribution < -0.4 is 10.6 Å². The van der Waals surface area contributed by atoms with Gasteiger partial charge in [0.25, 0.3) is 0 Å². The van der Waals surface area contributed by atoms with Gasteiger partial charge in [-0.1, -0.05) is 52.2 Å². The van der Waals surface area contributed by atoms with Crippen molar-refractivity contribution in [1.82, 2.24) is 10.6 Å². The molecule has 1 rings (SSSR count). The zero-order valence-electron chi connectivity index (χ0n) is 13.0. The smallest absolute Gasteiger partial charge is 0.166 e. The van der Waals surface area contributed by atoms with E-state index in [1.807, 2.05) is 6.92 Å². The van der Waals surface area contributed by atoms with E-state index in [1.54, 1.807) is 0 Å². The van der Waals surface area contributed by atoms with Gasteiger partial charge >= 0.3 is 0 Å². The highest BCUT2D eigenvalue weighted by Gasteiger charge is 2.35. The fourth-order valence-corrected chi connectivity index (χ4v) is 3.56. The van der Waals surface area contributed by atoms with Crippen molar-refractivity contribution in [1.29, 1.82) is 0 Å². The average Bonchev–Trinajstić information content (AvgIpc) is 2.37. The Hall–Kier alpha value is -0.570. The van der Waals surface area contributed by atoms with Crippen LogP contribution >= 0.6 is 12.2 Å². The standard InChI is InChI=1S/C16H30N2S/c1-6-13-9-8-12(5)14(7-2)15(13)18-16(19)17-10-11(3)4/h12-15H,3,6-10H2,1-2,4-5H3,(H2,17,18,19). The van der Waals surface area contributed by atoms with E-state index in [1.165, 1.54) is 25.7 Å². The molecule has 1 aliphatic rings. The number of thiocarbonyl (C=S) groups is 1. The average molecular weight is 282 g/mol. The molecule has 0 aromatic rings. The SMILES string of the molecule is C=C(C)CNC(=S)NC1C(CC)CCC(C)C1CC. The molecule has 0 heterocycles. The van der Waals surface area contributed by atoms with E-state index in [9.17, 15) is 0 Å². The molecule has 2 nitrogen and oxygen atoms in total. The highest BCUT2D eigenvalue weighted by molar-refractivity contribution is 7.80. The maximum atomic E-state index is 5.43. The van der Waals surface area contributed by atoms with Gasteiger partial charge in [-0.25, -0.2) is 0 Å². The minimum Gasteiger partial charge on any atom is -0.359 e. The molecule has 0 bridgehead atoms. The molecule has 0 aromatic carbocycles. The van der Waals surface area contributed by atoms with E-state index in [-0.39, 0.29) is 0 Å². The van der Waals surface area contributed by atoms with Crippen molar-refractivity contribution in [3.63, 3.8) is 0 Å². The summed E-state index contributed by atoms with van der Waals surface area (Å²) in [5, 5.41) is 7.63. The first-order valence-electron chi connectivity index (χ1n) is 7.68. The van der Waals surface area contributed by atoms with Gasteiger partial charge in [0.05, 0.1) is 0 Å². The fourth-order valence-electron chi connectivity index (χ4n) is 3.35. The lowest BCUT2D eigenvalue weighted by molar-refractivity contribution is 0.135. The first-order valence-corrected chi connectivity index (χ1v) is 8.09. The maximum absolute atomic E-state index is 5.43. The molecule has 1 saturated carbocycles. The Morgan fingerprint density at radius 1 is 1.26 bits per heavy atom. The van der Waals surface area contributed by atoms with Crippen LogP contribution in [0.5, 0.6) is 0 Å². The van der Waals surface area contributed by atoms with Crippen molar-refractivity contribution in [3.8, 4) is 0 Å². The minimum absolute atomic E-state index is 0.531. The number of hydrogen-bond donors (Lipinski definition) is 2. The molecule has 1 aliphatic carbocycles. The van der Waals surface area contributed by atoms with Gasteiger partial charge in [-0.2, -0.15) is 0 Å². The molecule has 2 N–H and O–H groups in total. The third-order valence-corrected chi connectivity index (χ3v) is 4.80. The van der Waals surface area contributed by atoms with Crippen LogP contribution in [0.15, 0.2) is 12.2 Å². The first-order chi connectivity index (χ1) is 8.99. The Morgan fingerprint density at radius 3 is 2.47 bits per heavy atom. The van der Waals surface area contributed by atoms with E-state index in [4.69, 9.17) is 12.2 Å². The Bertz CT molecular complexity index is 314. The normalized spacial score (nSPS) is 30.7. The van der Waals surface area contributed by atoms with Crippen LogP contribution in [0, 0.1) is 17.8 Å². The molecule has 0 aromatic heterocycles. The lowest BCUT2D eigenvalue weighted by Gasteiger charge is -2.42. The summed E-state index contributed by atoms with van der Waals surface area (Å²) in [6.07, 6.45) is 5.17. The van der Waals surface area contributed by atoms with Crippen molar-refractivity contribution in [2.75, 3.05) is 6.54 Å². The molecule has 0 saturated heterocycles. The van der Waals surface area contributed by atoms with Crippen LogP contribution in [0.3, 0.4) is 0 Å². The van der Waals surface area contributed by atoms with Crippen LogP contribution in [0.4, 0.5) is 0 Å². The van der Waals surface area contributed by atoms with Crippen molar-refractivity contribution < 1.29 is 0 Å². The van der Waals surface area contributed by atoms with E-state index in [0.29, 0.717) is 6.04 Å². The summed E-state index contributed by atoms with van der Waals surface area (Å²) in [5.74, 6) is 2.29. The first kappa shape index (κ1) is 16.5. The highest BCUT2D eigenvalue weighted by atomic mass is 32.1. The summed E-state index contributed by atoms with van der Waals surface area (Å²) in [6, 6.07) is 0.531. The van der Waals surface area contributed by atoms with E-state index >= 15 is 0 Å². The van der Waals surface area contributed by atoms with Gasteiger partial charge in [-0.3, -0.25) is 0 Å². The Balaban J connectivity index is 2.63. The van der Waals surface area contributed by atoms with Gasteiger partial charge in [-0.15, -0.1) is 0 Å². The second-order valence-electron chi connectivity index (χ2n) is 6.10. The summed E-state index contributed by atoms with van der Waals surface area (Å²) >= 11 is 5.43. The van der Waals surface area contributed by atoms with Crippen molar-refractivity contribution in [2.45, 2.75) is 59.4 Å². The van der Waals surface area contributed by atoms with Crippen LogP contribution in [0.25, 0.3) is 0 Å². The van der Waals surface area contributed by atoms with Crippen LogP contribution in [0.1, 0.15) is 53.4 Å². The van der Waals surface area contributed by atoms with E-state index in [0.717, 1.165) is 35.0 Å². The quantitative estimate of drug-likeness (QED) is 0.591. The minimum atomic E-state index is 0.531. The second-order valence-corrected chi connectivity index (χ2v) is 6.51. The summed E-state index contributed by atoms with van der Waals surface area (Å²) in [7, 11) is 0. The van der Waals surface area contributed by atoms with Crippen LogP contribution in [-0.4, -0.2) is 17.7 Å². The van der Waals surface area contributed by atoms with Gasteiger partial charge in [0, 0.05) is 12.6 Å². The van der Waals surface area contributed by atoms with Gasteiger partial charge in [0.15, 0.2) is 5.11 Å². The molecular weight excluding hydrogens is 252 g/mol. The van der Waals surface area contributed by atoms with Crippen LogP contribution in [-0.2, 0) is 0 Å². The molecule has 0 spiro atoms. The molecule has 4 unspecified atom stereocenters. The van der Waals surface area contributed by atoms with Gasteiger partial charge in [0.1, 0.15) is 0 Å². The second kappa shape index (κ2) is 7.88. The molecule has 3 heteroatoms. The molecule has 110 valence electrons. The highest BCUT2D eigenvalue weighted by Crippen LogP contribution is 2.37. The molecule has 1 fully saturated rings. The van der Waals surface area contributed by atoms with Gasteiger partial charge in [0.2, 0.25) is 0 Å². The number of rotatable bonds is 5. The lowest BCUT2D eigenvalue weighted by atomic mass is 9.69. The zero-order chi connectivity index (χ0) is 14.4. The molecule has 0 aliphatic heterocycles. The van der Waals surface area contributed by atoms with E-state index < -0.39 is 0 Å². The molecule has 4 atom stereocenters. The van der Waals surface area contributed by atoms with Crippen molar-refractivity contribution >= 4 is 17.3 Å². The van der Waals surface area contributed by atoms with E-state index in [2.05, 4.69) is 38.0 Å². The lowest BCUT2D eigenvalue weighted by Crippen LogP contribution is -2.52. The third-order valence-electron chi connectivity index (χ3n) is 4.54. The third kappa shape index (κ3) is 4.79. The van der Waals surface area contributed by atoms with Crippen molar-refractivity contribution in [3.05, 3.63) is 12.2 Å². The predicted octanol–water partition coefficient (Wildman–Crippen LogP) is 3.88. The summed E-state index contributed by atoms with van der Waals surface area (Å²) < 4.78 is 0.